The standard InChI is InChI=1S/C18H11ClFN3O/c19-10-7-13-12-6-9(4-5-15(12)23-18(13)22-8-10)17(24)11-2-1-3-14(21)16(11)20/h1-8H,21H2,(H,22,23). The molecule has 0 saturated carbocycles. The molecule has 0 aliphatic rings. The lowest BCUT2D eigenvalue weighted by Crippen LogP contribution is -2.06. The Morgan fingerprint density at radius 3 is 2.83 bits per heavy atom. The molecule has 0 aliphatic carbocycles. The summed E-state index contributed by atoms with van der Waals surface area (Å²) in [5.74, 6) is -1.13. The molecule has 4 aromatic rings. The van der Waals surface area contributed by atoms with E-state index in [1.165, 1.54) is 12.1 Å². The number of halogens is 2. The molecular weight excluding hydrogens is 329 g/mol. The van der Waals surface area contributed by atoms with Crippen LogP contribution in [0.4, 0.5) is 10.1 Å². The van der Waals surface area contributed by atoms with Crippen LogP contribution >= 0.6 is 11.6 Å². The SMILES string of the molecule is Nc1cccc(C(=O)c2ccc3[nH]c4ncc(Cl)cc4c3c2)c1F. The Balaban J connectivity index is 1.91. The lowest BCUT2D eigenvalue weighted by molar-refractivity contribution is 0.103. The molecule has 3 N–H and O–H groups in total. The van der Waals surface area contributed by atoms with Gasteiger partial charge in [0.2, 0.25) is 0 Å². The maximum Gasteiger partial charge on any atom is 0.196 e. The number of hydrogen-bond acceptors (Lipinski definition) is 3. The van der Waals surface area contributed by atoms with E-state index in [1.807, 2.05) is 0 Å². The molecule has 0 spiro atoms. The first-order valence-corrected chi connectivity index (χ1v) is 7.58. The molecule has 0 radical (unpaired) electrons. The number of carbonyl (C=O) groups is 1. The van der Waals surface area contributed by atoms with Crippen LogP contribution in [0.1, 0.15) is 15.9 Å². The van der Waals surface area contributed by atoms with Gasteiger partial charge in [-0.15, -0.1) is 0 Å². The lowest BCUT2D eigenvalue weighted by Gasteiger charge is -2.05. The van der Waals surface area contributed by atoms with Crippen LogP contribution in [0.5, 0.6) is 0 Å². The summed E-state index contributed by atoms with van der Waals surface area (Å²) in [6.45, 7) is 0. The summed E-state index contributed by atoms with van der Waals surface area (Å²) < 4.78 is 14.1. The molecule has 0 atom stereocenters. The summed E-state index contributed by atoms with van der Waals surface area (Å²) in [4.78, 5) is 20.0. The van der Waals surface area contributed by atoms with E-state index in [9.17, 15) is 9.18 Å². The monoisotopic (exact) mass is 339 g/mol. The van der Waals surface area contributed by atoms with Gasteiger partial charge in [-0.2, -0.15) is 0 Å². The van der Waals surface area contributed by atoms with Gasteiger partial charge in [0.05, 0.1) is 16.3 Å². The van der Waals surface area contributed by atoms with Gasteiger partial charge in [-0.25, -0.2) is 9.37 Å². The highest BCUT2D eigenvalue weighted by Gasteiger charge is 2.17. The number of benzene rings is 2. The fraction of sp³-hybridized carbons (Fsp3) is 0. The van der Waals surface area contributed by atoms with Gasteiger partial charge in [0.1, 0.15) is 5.65 Å². The van der Waals surface area contributed by atoms with Gasteiger partial charge in [-0.05, 0) is 36.4 Å². The number of aromatic amines is 1. The van der Waals surface area contributed by atoms with Crippen molar-refractivity contribution in [2.45, 2.75) is 0 Å². The Kier molecular flexibility index (Phi) is 3.25. The molecular formula is C18H11ClFN3O. The van der Waals surface area contributed by atoms with Crippen LogP contribution in [-0.4, -0.2) is 15.8 Å². The number of nitrogens with two attached hydrogens (primary N) is 1. The highest BCUT2D eigenvalue weighted by molar-refractivity contribution is 6.31. The van der Waals surface area contributed by atoms with Crippen molar-refractivity contribution in [3.8, 4) is 0 Å². The van der Waals surface area contributed by atoms with Crippen molar-refractivity contribution in [1.29, 1.82) is 0 Å². The van der Waals surface area contributed by atoms with Crippen molar-refractivity contribution in [1.82, 2.24) is 9.97 Å². The van der Waals surface area contributed by atoms with E-state index < -0.39 is 11.6 Å². The van der Waals surface area contributed by atoms with E-state index >= 15 is 0 Å². The number of H-pyrrole nitrogens is 1. The number of nitrogens with zero attached hydrogens (tertiary/aromatic N) is 1. The average Bonchev–Trinajstić information content (AvgIpc) is 2.94. The van der Waals surface area contributed by atoms with Gasteiger partial charge in [0.25, 0.3) is 0 Å². The van der Waals surface area contributed by atoms with Crippen LogP contribution in [0.2, 0.25) is 5.02 Å². The molecule has 2 aromatic carbocycles. The van der Waals surface area contributed by atoms with Crippen molar-refractivity contribution in [2.75, 3.05) is 5.73 Å². The van der Waals surface area contributed by atoms with Gasteiger partial charge >= 0.3 is 0 Å². The second-order valence-corrected chi connectivity index (χ2v) is 5.91. The average molecular weight is 340 g/mol. The zero-order valence-corrected chi connectivity index (χ0v) is 13.1. The normalized spacial score (nSPS) is 11.2. The molecule has 0 bridgehead atoms. The number of rotatable bonds is 2. The fourth-order valence-corrected chi connectivity index (χ4v) is 2.93. The van der Waals surface area contributed by atoms with Crippen LogP contribution in [0, 0.1) is 5.82 Å². The highest BCUT2D eigenvalue weighted by atomic mass is 35.5. The number of fused-ring (bicyclic) bond motifs is 3. The summed E-state index contributed by atoms with van der Waals surface area (Å²) >= 11 is 6.01. The number of ketones is 1. The molecule has 0 unspecified atom stereocenters. The predicted molar refractivity (Wildman–Crippen MR) is 92.9 cm³/mol. The molecule has 6 heteroatoms. The quantitative estimate of drug-likeness (QED) is 0.422. The number of aromatic nitrogens is 2. The van der Waals surface area contributed by atoms with Crippen LogP contribution in [0.25, 0.3) is 21.9 Å². The minimum Gasteiger partial charge on any atom is -0.396 e. The van der Waals surface area contributed by atoms with E-state index in [0.717, 1.165) is 16.3 Å². The van der Waals surface area contributed by atoms with Crippen LogP contribution < -0.4 is 5.73 Å². The first-order valence-electron chi connectivity index (χ1n) is 7.20. The predicted octanol–water partition coefficient (Wildman–Crippen LogP) is 4.32. The van der Waals surface area contributed by atoms with Crippen molar-refractivity contribution in [3.05, 3.63) is 70.6 Å². The molecule has 0 saturated heterocycles. The largest absolute Gasteiger partial charge is 0.396 e. The smallest absolute Gasteiger partial charge is 0.196 e. The van der Waals surface area contributed by atoms with Gasteiger partial charge in [-0.3, -0.25) is 4.79 Å². The van der Waals surface area contributed by atoms with Crippen LogP contribution in [0.15, 0.2) is 48.7 Å². The van der Waals surface area contributed by atoms with Gasteiger partial charge in [-0.1, -0.05) is 17.7 Å². The van der Waals surface area contributed by atoms with Crippen molar-refractivity contribution in [3.63, 3.8) is 0 Å². The Hall–Kier alpha value is -2.92. The number of hydrogen-bond donors (Lipinski definition) is 2. The third-order valence-electron chi connectivity index (χ3n) is 3.95. The van der Waals surface area contributed by atoms with E-state index in [2.05, 4.69) is 9.97 Å². The first kappa shape index (κ1) is 14.7. The Bertz CT molecular complexity index is 1120. The molecule has 0 amide bonds. The fourth-order valence-electron chi connectivity index (χ4n) is 2.77. The zero-order valence-electron chi connectivity index (χ0n) is 12.3. The Morgan fingerprint density at radius 1 is 1.17 bits per heavy atom. The summed E-state index contributed by atoms with van der Waals surface area (Å²) in [5, 5.41) is 2.11. The van der Waals surface area contributed by atoms with E-state index in [4.69, 9.17) is 17.3 Å². The molecule has 24 heavy (non-hydrogen) atoms. The van der Waals surface area contributed by atoms with Gasteiger partial charge < -0.3 is 10.7 Å². The maximum atomic E-state index is 14.1. The molecule has 4 nitrogen and oxygen atoms in total. The van der Waals surface area contributed by atoms with E-state index in [0.29, 0.717) is 16.2 Å². The topological polar surface area (TPSA) is 71.8 Å². The maximum absolute atomic E-state index is 14.1. The minimum absolute atomic E-state index is 0.0506. The summed E-state index contributed by atoms with van der Waals surface area (Å²) in [6.07, 6.45) is 1.55. The van der Waals surface area contributed by atoms with Crippen molar-refractivity contribution in [2.24, 2.45) is 0 Å². The Morgan fingerprint density at radius 2 is 2.00 bits per heavy atom. The third kappa shape index (κ3) is 2.21. The third-order valence-corrected chi connectivity index (χ3v) is 4.16. The zero-order chi connectivity index (χ0) is 16.8. The number of nitrogen functional groups attached to an aromatic ring is 1. The molecule has 118 valence electrons. The second-order valence-electron chi connectivity index (χ2n) is 5.47. The van der Waals surface area contributed by atoms with Gasteiger partial charge in [0, 0.05) is 28.0 Å². The number of nitrogens with one attached hydrogen (secondary N) is 1. The summed E-state index contributed by atoms with van der Waals surface area (Å²) in [5.41, 5.74) is 7.31. The van der Waals surface area contributed by atoms with E-state index in [1.54, 1.807) is 36.5 Å². The highest BCUT2D eigenvalue weighted by Crippen LogP contribution is 2.28. The molecule has 2 aromatic heterocycles. The molecule has 0 aliphatic heterocycles. The Labute approximate surface area is 141 Å². The summed E-state index contributed by atoms with van der Waals surface area (Å²) in [7, 11) is 0. The van der Waals surface area contributed by atoms with E-state index in [-0.39, 0.29) is 11.3 Å². The minimum atomic E-state index is -0.703. The van der Waals surface area contributed by atoms with Crippen LogP contribution in [0.3, 0.4) is 0 Å². The molecule has 0 fully saturated rings. The van der Waals surface area contributed by atoms with Gasteiger partial charge in [0.15, 0.2) is 11.6 Å². The molecule has 4 rings (SSSR count). The number of carbonyl (C=O) groups excluding carboxylic acids is 1. The second kappa shape index (κ2) is 5.32. The molecule has 2 heterocycles. The number of pyridine rings is 1. The van der Waals surface area contributed by atoms with Crippen molar-refractivity contribution < 1.29 is 9.18 Å². The van der Waals surface area contributed by atoms with Crippen molar-refractivity contribution >= 4 is 45.0 Å². The number of anilines is 1. The lowest BCUT2D eigenvalue weighted by atomic mass is 10.0. The first-order chi connectivity index (χ1) is 11.5. The van der Waals surface area contributed by atoms with Crippen LogP contribution in [-0.2, 0) is 0 Å². The summed E-state index contributed by atoms with van der Waals surface area (Å²) in [6, 6.07) is 11.3.